The molecule has 0 spiro atoms. The Morgan fingerprint density at radius 3 is 2.33 bits per heavy atom. The molecule has 1 saturated heterocycles. The van der Waals surface area contributed by atoms with Crippen molar-refractivity contribution in [3.8, 4) is 0 Å². The van der Waals surface area contributed by atoms with Crippen molar-refractivity contribution in [2.24, 2.45) is 5.92 Å². The topological polar surface area (TPSA) is 9.23 Å². The summed E-state index contributed by atoms with van der Waals surface area (Å²) in [6.45, 7) is 5.64. The molecule has 15 heavy (non-hydrogen) atoms. The van der Waals surface area contributed by atoms with Gasteiger partial charge in [-0.15, -0.1) is 0 Å². The van der Waals surface area contributed by atoms with E-state index in [1.807, 2.05) is 0 Å². The third-order valence-electron chi connectivity index (χ3n) is 3.07. The fraction of sp³-hybridized carbons (Fsp3) is 1.00. The van der Waals surface area contributed by atoms with Crippen LogP contribution in [0.3, 0.4) is 0 Å². The minimum absolute atomic E-state index is 0.315. The van der Waals surface area contributed by atoms with Crippen LogP contribution in [0.5, 0.6) is 0 Å². The average molecular weight is 240 g/mol. The standard InChI is InChI=1S/C10H19F3OSi/c1-7(9(11)10(12)13)8-5-4-6-15(2,3)14-8/h7-10H,4-6H2,1-3H3. The summed E-state index contributed by atoms with van der Waals surface area (Å²) in [6.07, 6.45) is -3.58. The molecule has 1 rings (SSSR count). The van der Waals surface area contributed by atoms with E-state index in [0.717, 1.165) is 12.5 Å². The van der Waals surface area contributed by atoms with Gasteiger partial charge in [0.15, 0.2) is 14.5 Å². The largest absolute Gasteiger partial charge is 0.414 e. The zero-order chi connectivity index (χ0) is 11.6. The van der Waals surface area contributed by atoms with E-state index in [9.17, 15) is 13.2 Å². The number of rotatable bonds is 3. The second-order valence-electron chi connectivity index (χ2n) is 4.95. The third kappa shape index (κ3) is 3.48. The van der Waals surface area contributed by atoms with Crippen LogP contribution < -0.4 is 0 Å². The summed E-state index contributed by atoms with van der Waals surface area (Å²) in [5, 5.41) is 0. The summed E-state index contributed by atoms with van der Waals surface area (Å²) < 4.78 is 43.3. The second-order valence-corrected chi connectivity index (χ2v) is 9.20. The van der Waals surface area contributed by atoms with Crippen molar-refractivity contribution < 1.29 is 17.6 Å². The van der Waals surface area contributed by atoms with Crippen molar-refractivity contribution in [3.05, 3.63) is 0 Å². The van der Waals surface area contributed by atoms with Crippen molar-refractivity contribution in [2.75, 3.05) is 0 Å². The first kappa shape index (κ1) is 13.0. The highest BCUT2D eigenvalue weighted by Crippen LogP contribution is 2.32. The molecule has 1 aliphatic rings. The lowest BCUT2D eigenvalue weighted by Gasteiger charge is -2.38. The van der Waals surface area contributed by atoms with E-state index >= 15 is 0 Å². The molecular formula is C10H19F3OSi. The van der Waals surface area contributed by atoms with Crippen LogP contribution in [0.15, 0.2) is 0 Å². The Kier molecular flexibility index (Phi) is 4.23. The maximum Gasteiger partial charge on any atom is 0.269 e. The molecule has 1 heterocycles. The molecule has 0 bridgehead atoms. The summed E-state index contributed by atoms with van der Waals surface area (Å²) in [4.78, 5) is 0. The summed E-state index contributed by atoms with van der Waals surface area (Å²) >= 11 is 0. The summed E-state index contributed by atoms with van der Waals surface area (Å²) in [7, 11) is -1.71. The lowest BCUT2D eigenvalue weighted by molar-refractivity contribution is -0.0236. The molecule has 0 N–H and O–H groups in total. The van der Waals surface area contributed by atoms with Gasteiger partial charge < -0.3 is 4.43 Å². The maximum atomic E-state index is 13.1. The second kappa shape index (κ2) is 4.87. The summed E-state index contributed by atoms with van der Waals surface area (Å²) in [5.74, 6) is -0.697. The molecule has 3 unspecified atom stereocenters. The highest BCUT2D eigenvalue weighted by atomic mass is 28.4. The number of halogens is 3. The van der Waals surface area contributed by atoms with Crippen molar-refractivity contribution in [1.29, 1.82) is 0 Å². The van der Waals surface area contributed by atoms with Gasteiger partial charge in [-0.3, -0.25) is 0 Å². The van der Waals surface area contributed by atoms with E-state index in [1.165, 1.54) is 6.92 Å². The Morgan fingerprint density at radius 1 is 1.27 bits per heavy atom. The van der Waals surface area contributed by atoms with Crippen molar-refractivity contribution in [3.63, 3.8) is 0 Å². The molecule has 1 aliphatic heterocycles. The highest BCUT2D eigenvalue weighted by Gasteiger charge is 2.38. The zero-order valence-electron chi connectivity index (χ0n) is 9.47. The van der Waals surface area contributed by atoms with Crippen LogP contribution in [0.25, 0.3) is 0 Å². The Morgan fingerprint density at radius 2 is 1.87 bits per heavy atom. The van der Waals surface area contributed by atoms with Gasteiger partial charge in [-0.25, -0.2) is 13.2 Å². The van der Waals surface area contributed by atoms with Gasteiger partial charge in [0, 0.05) is 5.92 Å². The molecule has 0 saturated carbocycles. The average Bonchev–Trinajstić information content (AvgIpc) is 2.13. The van der Waals surface area contributed by atoms with Crippen molar-refractivity contribution in [2.45, 2.75) is 57.6 Å². The highest BCUT2D eigenvalue weighted by molar-refractivity contribution is 6.71. The molecular weight excluding hydrogens is 221 g/mol. The molecule has 0 amide bonds. The molecule has 0 radical (unpaired) electrons. The fourth-order valence-corrected chi connectivity index (χ4v) is 4.39. The minimum Gasteiger partial charge on any atom is -0.414 e. The molecule has 0 aliphatic carbocycles. The normalized spacial score (nSPS) is 30.2. The zero-order valence-corrected chi connectivity index (χ0v) is 10.5. The maximum absolute atomic E-state index is 13.1. The van der Waals surface area contributed by atoms with Crippen LogP contribution >= 0.6 is 0 Å². The Hall–Kier alpha value is -0.0331. The van der Waals surface area contributed by atoms with Crippen molar-refractivity contribution >= 4 is 8.32 Å². The molecule has 0 aromatic heterocycles. The van der Waals surface area contributed by atoms with Gasteiger partial charge >= 0.3 is 0 Å². The predicted molar refractivity (Wildman–Crippen MR) is 56.5 cm³/mol. The lowest BCUT2D eigenvalue weighted by Crippen LogP contribution is -2.45. The predicted octanol–water partition coefficient (Wildman–Crippen LogP) is 3.61. The fourth-order valence-electron chi connectivity index (χ4n) is 2.06. The molecule has 1 nitrogen and oxygen atoms in total. The van der Waals surface area contributed by atoms with Crippen LogP contribution in [0.2, 0.25) is 19.1 Å². The summed E-state index contributed by atoms with van der Waals surface area (Å²) in [5.41, 5.74) is 0. The molecule has 0 aromatic rings. The molecule has 3 atom stereocenters. The van der Waals surface area contributed by atoms with Crippen LogP contribution in [-0.4, -0.2) is 27.0 Å². The van der Waals surface area contributed by atoms with Gasteiger partial charge in [0.25, 0.3) is 6.43 Å². The first-order chi connectivity index (χ1) is 6.83. The van der Waals surface area contributed by atoms with E-state index in [-0.39, 0.29) is 6.10 Å². The van der Waals surface area contributed by atoms with Crippen molar-refractivity contribution in [1.82, 2.24) is 0 Å². The number of hydrogen-bond donors (Lipinski definition) is 0. The van der Waals surface area contributed by atoms with E-state index < -0.39 is 26.8 Å². The van der Waals surface area contributed by atoms with Crippen LogP contribution in [0.4, 0.5) is 13.2 Å². The van der Waals surface area contributed by atoms with Gasteiger partial charge in [0.05, 0.1) is 6.10 Å². The third-order valence-corrected chi connectivity index (χ3v) is 5.57. The van der Waals surface area contributed by atoms with Crippen LogP contribution in [0, 0.1) is 5.92 Å². The van der Waals surface area contributed by atoms with E-state index in [4.69, 9.17) is 4.43 Å². The van der Waals surface area contributed by atoms with Gasteiger partial charge in [-0.2, -0.15) is 0 Å². The number of hydrogen-bond acceptors (Lipinski definition) is 1. The number of alkyl halides is 3. The minimum atomic E-state index is -2.89. The Labute approximate surface area is 90.1 Å². The Bertz CT molecular complexity index is 211. The summed E-state index contributed by atoms with van der Waals surface area (Å²) in [6, 6.07) is 1.04. The van der Waals surface area contributed by atoms with Crippen LogP contribution in [-0.2, 0) is 4.43 Å². The Balaban J connectivity index is 2.56. The van der Waals surface area contributed by atoms with E-state index in [2.05, 4.69) is 13.1 Å². The molecule has 5 heteroatoms. The first-order valence-electron chi connectivity index (χ1n) is 5.43. The molecule has 90 valence electrons. The molecule has 1 fully saturated rings. The smallest absolute Gasteiger partial charge is 0.269 e. The van der Waals surface area contributed by atoms with Gasteiger partial charge in [-0.05, 0) is 25.6 Å². The monoisotopic (exact) mass is 240 g/mol. The van der Waals surface area contributed by atoms with E-state index in [0.29, 0.717) is 6.42 Å². The van der Waals surface area contributed by atoms with Gasteiger partial charge in [-0.1, -0.05) is 13.3 Å². The van der Waals surface area contributed by atoms with Crippen LogP contribution in [0.1, 0.15) is 19.8 Å². The van der Waals surface area contributed by atoms with Gasteiger partial charge in [0.2, 0.25) is 0 Å². The first-order valence-corrected chi connectivity index (χ1v) is 8.55. The quantitative estimate of drug-likeness (QED) is 0.685. The van der Waals surface area contributed by atoms with E-state index in [1.54, 1.807) is 0 Å². The lowest BCUT2D eigenvalue weighted by atomic mass is 9.96. The van der Waals surface area contributed by atoms with Gasteiger partial charge in [0.1, 0.15) is 0 Å². The molecule has 0 aromatic carbocycles. The SMILES string of the molecule is CC(C1CCC[Si](C)(C)O1)C(F)C(F)F.